The van der Waals surface area contributed by atoms with Crippen LogP contribution in [0, 0.1) is 11.6 Å². The van der Waals surface area contributed by atoms with Crippen LogP contribution in [0.3, 0.4) is 0 Å². The van der Waals surface area contributed by atoms with Gasteiger partial charge in [-0.15, -0.1) is 5.53 Å². The van der Waals surface area contributed by atoms with Crippen molar-refractivity contribution in [3.8, 4) is 0 Å². The first-order valence-corrected chi connectivity index (χ1v) is 6.61. The number of hydrazine groups is 2. The van der Waals surface area contributed by atoms with Crippen molar-refractivity contribution in [3.05, 3.63) is 29.8 Å². The highest BCUT2D eigenvalue weighted by Gasteiger charge is 2.33. The summed E-state index contributed by atoms with van der Waals surface area (Å²) in [6, 6.07) is 1.48. The van der Waals surface area contributed by atoms with Crippen LogP contribution in [-0.2, 0) is 0 Å². The Bertz CT molecular complexity index is 530. The number of fused-ring (bicyclic) bond motifs is 1. The van der Waals surface area contributed by atoms with Gasteiger partial charge in [-0.2, -0.15) is 0 Å². The number of aliphatic hydroxyl groups is 1. The van der Waals surface area contributed by atoms with Crippen molar-refractivity contribution < 1.29 is 13.9 Å². The van der Waals surface area contributed by atoms with Crippen LogP contribution in [0.2, 0.25) is 0 Å². The molecule has 1 aliphatic rings. The summed E-state index contributed by atoms with van der Waals surface area (Å²) in [6.07, 6.45) is 2.30. The highest BCUT2D eigenvalue weighted by molar-refractivity contribution is 5.77. The van der Waals surface area contributed by atoms with Gasteiger partial charge in [0.25, 0.3) is 0 Å². The summed E-state index contributed by atoms with van der Waals surface area (Å²) >= 11 is 0. The van der Waals surface area contributed by atoms with Crippen molar-refractivity contribution in [1.29, 1.82) is 0 Å². The van der Waals surface area contributed by atoms with Crippen LogP contribution < -0.4 is 16.0 Å². The third kappa shape index (κ3) is 2.36. The van der Waals surface area contributed by atoms with Gasteiger partial charge in [-0.05, 0) is 18.9 Å². The first kappa shape index (κ1) is 14.7. The standard InChI is InChI=1S/C14H19F2N3O/c1-4-9-7-10-13(12(16)11(9)15)19(18-17-10)8-14(20,5-2)6-3/h4,7,17-18,20H,1,5-6,8H2,2-3H3. The zero-order valence-electron chi connectivity index (χ0n) is 11.6. The number of nitrogens with zero attached hydrogens (tertiary/aromatic N) is 1. The maximum absolute atomic E-state index is 14.2. The molecule has 1 aromatic carbocycles. The number of benzene rings is 1. The monoisotopic (exact) mass is 283 g/mol. The van der Waals surface area contributed by atoms with E-state index in [4.69, 9.17) is 0 Å². The summed E-state index contributed by atoms with van der Waals surface area (Å²) < 4.78 is 28.0. The first-order valence-electron chi connectivity index (χ1n) is 6.61. The molecule has 0 aromatic heterocycles. The van der Waals surface area contributed by atoms with E-state index in [2.05, 4.69) is 17.5 Å². The fourth-order valence-electron chi connectivity index (χ4n) is 2.21. The first-order chi connectivity index (χ1) is 9.45. The molecule has 2 rings (SSSR count). The molecule has 1 heterocycles. The number of nitrogens with one attached hydrogen (secondary N) is 2. The van der Waals surface area contributed by atoms with Crippen molar-refractivity contribution in [2.24, 2.45) is 0 Å². The molecule has 3 N–H and O–H groups in total. The lowest BCUT2D eigenvalue weighted by atomic mass is 9.97. The van der Waals surface area contributed by atoms with E-state index in [0.717, 1.165) is 0 Å². The Balaban J connectivity index is 2.38. The SMILES string of the molecule is C=Cc1cc2c(c(F)c1F)N(CC(O)(CC)CC)NN2. The topological polar surface area (TPSA) is 47.5 Å². The van der Waals surface area contributed by atoms with Gasteiger partial charge in [0.15, 0.2) is 11.6 Å². The molecule has 0 spiro atoms. The van der Waals surface area contributed by atoms with Crippen LogP contribution in [0.4, 0.5) is 20.2 Å². The van der Waals surface area contributed by atoms with Crippen molar-refractivity contribution in [2.75, 3.05) is 17.0 Å². The molecule has 0 bridgehead atoms. The molecule has 110 valence electrons. The Morgan fingerprint density at radius 3 is 2.55 bits per heavy atom. The molecule has 1 aliphatic heterocycles. The predicted molar refractivity (Wildman–Crippen MR) is 76.1 cm³/mol. The van der Waals surface area contributed by atoms with Crippen LogP contribution >= 0.6 is 0 Å². The molecule has 4 nitrogen and oxygen atoms in total. The van der Waals surface area contributed by atoms with E-state index in [9.17, 15) is 13.9 Å². The molecule has 20 heavy (non-hydrogen) atoms. The molecule has 0 saturated heterocycles. The molecule has 0 unspecified atom stereocenters. The average Bonchev–Trinajstić information content (AvgIpc) is 2.85. The molecular weight excluding hydrogens is 264 g/mol. The molecule has 0 amide bonds. The van der Waals surface area contributed by atoms with Gasteiger partial charge < -0.3 is 10.5 Å². The number of rotatable bonds is 5. The van der Waals surface area contributed by atoms with Crippen LogP contribution in [-0.4, -0.2) is 17.3 Å². The summed E-state index contributed by atoms with van der Waals surface area (Å²) in [5.41, 5.74) is 5.16. The summed E-state index contributed by atoms with van der Waals surface area (Å²) in [7, 11) is 0. The number of hydrogen-bond acceptors (Lipinski definition) is 4. The van der Waals surface area contributed by atoms with Gasteiger partial charge >= 0.3 is 0 Å². The van der Waals surface area contributed by atoms with Gasteiger partial charge in [-0.1, -0.05) is 26.5 Å². The predicted octanol–water partition coefficient (Wildman–Crippen LogP) is 2.81. The third-order valence-electron chi connectivity index (χ3n) is 3.79. The Morgan fingerprint density at radius 2 is 2.00 bits per heavy atom. The lowest BCUT2D eigenvalue weighted by molar-refractivity contribution is 0.0378. The molecule has 0 radical (unpaired) electrons. The quantitative estimate of drug-likeness (QED) is 0.777. The van der Waals surface area contributed by atoms with Gasteiger partial charge in [0.05, 0.1) is 17.8 Å². The Kier molecular flexibility index (Phi) is 3.96. The van der Waals surface area contributed by atoms with E-state index in [0.29, 0.717) is 18.5 Å². The number of hydrogen-bond donors (Lipinski definition) is 3. The lowest BCUT2D eigenvalue weighted by Crippen LogP contribution is -2.48. The Morgan fingerprint density at radius 1 is 1.35 bits per heavy atom. The van der Waals surface area contributed by atoms with Crippen LogP contribution in [0.5, 0.6) is 0 Å². The highest BCUT2D eigenvalue weighted by Crippen LogP contribution is 2.36. The maximum Gasteiger partial charge on any atom is 0.186 e. The van der Waals surface area contributed by atoms with E-state index < -0.39 is 17.2 Å². The van der Waals surface area contributed by atoms with Gasteiger partial charge in [0.2, 0.25) is 0 Å². The van der Waals surface area contributed by atoms with E-state index in [-0.39, 0.29) is 17.8 Å². The molecular formula is C14H19F2N3O. The highest BCUT2D eigenvalue weighted by atomic mass is 19.2. The molecule has 1 aromatic rings. The molecule has 0 atom stereocenters. The van der Waals surface area contributed by atoms with Crippen LogP contribution in [0.25, 0.3) is 6.08 Å². The maximum atomic E-state index is 14.2. The minimum Gasteiger partial charge on any atom is -0.388 e. The van der Waals surface area contributed by atoms with Crippen LogP contribution in [0.1, 0.15) is 32.3 Å². The van der Waals surface area contributed by atoms with Gasteiger partial charge in [-0.25, -0.2) is 8.78 Å². The van der Waals surface area contributed by atoms with Crippen LogP contribution in [0.15, 0.2) is 12.6 Å². The second-order valence-electron chi connectivity index (χ2n) is 4.95. The fraction of sp³-hybridized carbons (Fsp3) is 0.429. The van der Waals surface area contributed by atoms with Crippen molar-refractivity contribution in [3.63, 3.8) is 0 Å². The van der Waals surface area contributed by atoms with E-state index >= 15 is 0 Å². The smallest absolute Gasteiger partial charge is 0.186 e. The van der Waals surface area contributed by atoms with Crippen molar-refractivity contribution >= 4 is 17.5 Å². The number of halogens is 2. The zero-order valence-corrected chi connectivity index (χ0v) is 11.6. The third-order valence-corrected chi connectivity index (χ3v) is 3.79. The average molecular weight is 283 g/mol. The lowest BCUT2D eigenvalue weighted by Gasteiger charge is -2.31. The largest absolute Gasteiger partial charge is 0.388 e. The molecule has 6 heteroatoms. The van der Waals surface area contributed by atoms with E-state index in [1.165, 1.54) is 17.2 Å². The molecule has 0 fully saturated rings. The summed E-state index contributed by atoms with van der Waals surface area (Å²) in [6.45, 7) is 7.32. The van der Waals surface area contributed by atoms with Gasteiger partial charge in [0, 0.05) is 5.56 Å². The second kappa shape index (κ2) is 5.38. The minimum absolute atomic E-state index is 0.0772. The summed E-state index contributed by atoms with van der Waals surface area (Å²) in [5, 5.41) is 11.7. The second-order valence-corrected chi connectivity index (χ2v) is 4.95. The molecule has 0 aliphatic carbocycles. The van der Waals surface area contributed by atoms with E-state index in [1.54, 1.807) is 0 Å². The number of anilines is 2. The zero-order chi connectivity index (χ0) is 14.9. The van der Waals surface area contributed by atoms with Gasteiger partial charge in [0.1, 0.15) is 5.69 Å². The normalized spacial score (nSPS) is 14.2. The number of β-amino-alcohol motifs (C(OH)–C–C–N with tert-alkyl or cyclic N) is 1. The summed E-state index contributed by atoms with van der Waals surface area (Å²) in [5.74, 6) is -1.89. The fourth-order valence-corrected chi connectivity index (χ4v) is 2.21. The minimum atomic E-state index is -0.962. The Hall–Kier alpha value is -1.66. The van der Waals surface area contributed by atoms with Crippen molar-refractivity contribution in [1.82, 2.24) is 5.53 Å². The summed E-state index contributed by atoms with van der Waals surface area (Å²) in [4.78, 5) is 0. The van der Waals surface area contributed by atoms with E-state index in [1.807, 2.05) is 13.8 Å². The van der Waals surface area contributed by atoms with Crippen molar-refractivity contribution in [2.45, 2.75) is 32.3 Å². The molecule has 0 saturated carbocycles. The van der Waals surface area contributed by atoms with Gasteiger partial charge in [-0.3, -0.25) is 5.01 Å². The Labute approximate surface area is 117 Å².